The first-order valence-corrected chi connectivity index (χ1v) is 19.4. The number of nitrogens with zero attached hydrogens (tertiary/aromatic N) is 1. The Bertz CT molecular complexity index is 2410. The molecule has 0 unspecified atom stereocenters. The van der Waals surface area contributed by atoms with Gasteiger partial charge in [-0.25, -0.2) is 26.4 Å². The van der Waals surface area contributed by atoms with E-state index < -0.39 is 26.1 Å². The van der Waals surface area contributed by atoms with E-state index in [9.17, 15) is 26.4 Å². The molecule has 0 bridgehead atoms. The molecule has 16 heteroatoms. The average molecular weight is 795 g/mol. The first-order chi connectivity index (χ1) is 26.9. The molecule has 288 valence electrons. The summed E-state index contributed by atoms with van der Waals surface area (Å²) in [6.45, 7) is 0. The van der Waals surface area contributed by atoms with Crippen molar-refractivity contribution in [2.75, 3.05) is 40.0 Å². The van der Waals surface area contributed by atoms with Crippen LogP contribution in [0.25, 0.3) is 0 Å². The summed E-state index contributed by atoms with van der Waals surface area (Å²) < 4.78 is 63.5. The number of sulfonamides is 2. The monoisotopic (exact) mass is 794 g/mol. The van der Waals surface area contributed by atoms with E-state index in [1.165, 1.54) is 18.2 Å². The molecule has 0 fully saturated rings. The van der Waals surface area contributed by atoms with Gasteiger partial charge in [0.1, 0.15) is 11.5 Å². The number of nitrogens with two attached hydrogens (primary N) is 1. The van der Waals surface area contributed by atoms with E-state index in [1.54, 1.807) is 160 Å². The summed E-state index contributed by atoms with van der Waals surface area (Å²) in [7, 11) is -4.02. The highest BCUT2D eigenvalue weighted by atomic mass is 32.2. The van der Waals surface area contributed by atoms with Gasteiger partial charge in [0.05, 0.1) is 29.7 Å². The van der Waals surface area contributed by atoms with Crippen molar-refractivity contribution >= 4 is 66.3 Å². The van der Waals surface area contributed by atoms with Crippen LogP contribution in [0.2, 0.25) is 0 Å². The molecule has 0 saturated carbocycles. The number of hydrogen-bond donors (Lipinski definition) is 5. The predicted molar refractivity (Wildman–Crippen MR) is 218 cm³/mol. The third-order valence-electron chi connectivity index (χ3n) is 7.26. The van der Waals surface area contributed by atoms with Crippen LogP contribution in [-0.4, -0.2) is 43.2 Å². The third kappa shape index (κ3) is 13.4. The summed E-state index contributed by atoms with van der Waals surface area (Å²) >= 11 is 0. The highest BCUT2D eigenvalue weighted by molar-refractivity contribution is 7.93. The molecule has 14 nitrogen and oxygen atoms in total. The van der Waals surface area contributed by atoms with E-state index >= 15 is 0 Å². The zero-order chi connectivity index (χ0) is 40.4. The van der Waals surface area contributed by atoms with Crippen molar-refractivity contribution < 1.29 is 35.9 Å². The fourth-order valence-electron chi connectivity index (χ4n) is 4.48. The van der Waals surface area contributed by atoms with Crippen LogP contribution in [-0.2, 0) is 24.8 Å². The molecule has 0 aromatic heterocycles. The third-order valence-corrected chi connectivity index (χ3v) is 10.1. The molecule has 0 saturated heterocycles. The van der Waals surface area contributed by atoms with Crippen LogP contribution in [0.15, 0.2) is 173 Å². The molecule has 0 aliphatic carbocycles. The second-order valence-electron chi connectivity index (χ2n) is 11.2. The SMILES string of the molecule is COc1ccc(N=C=O)cc1.COc1ccc(NC(=O)Nc2ccc(NS(=O)(=O)c3ccccc3)cc2)cc1.Nc1ccc(NS(=O)(=O)c2ccccc2)cc1. The van der Waals surface area contributed by atoms with E-state index in [4.69, 9.17) is 15.2 Å². The summed E-state index contributed by atoms with van der Waals surface area (Å²) in [5.74, 6) is 1.44. The first kappa shape index (κ1) is 41.6. The van der Waals surface area contributed by atoms with Crippen LogP contribution >= 0.6 is 0 Å². The molecule has 0 radical (unpaired) electrons. The van der Waals surface area contributed by atoms with Crippen LogP contribution in [0.1, 0.15) is 0 Å². The molecule has 2 amide bonds. The van der Waals surface area contributed by atoms with Gasteiger partial charge >= 0.3 is 6.03 Å². The lowest BCUT2D eigenvalue weighted by Crippen LogP contribution is -2.19. The van der Waals surface area contributed by atoms with Gasteiger partial charge in [-0.1, -0.05) is 36.4 Å². The van der Waals surface area contributed by atoms with Gasteiger partial charge in [0.25, 0.3) is 20.0 Å². The van der Waals surface area contributed by atoms with Crippen molar-refractivity contribution in [2.24, 2.45) is 4.99 Å². The van der Waals surface area contributed by atoms with E-state index in [1.807, 2.05) is 0 Å². The van der Waals surface area contributed by atoms with Gasteiger partial charge in [0, 0.05) is 28.4 Å². The number of anilines is 5. The first-order valence-electron chi connectivity index (χ1n) is 16.5. The second-order valence-corrected chi connectivity index (χ2v) is 14.6. The molecule has 0 aliphatic rings. The second kappa shape index (κ2) is 20.4. The summed E-state index contributed by atoms with van der Waals surface area (Å²) in [6, 6.07) is 42.5. The van der Waals surface area contributed by atoms with Crippen molar-refractivity contribution in [3.8, 4) is 11.5 Å². The number of nitrogen functional groups attached to an aromatic ring is 1. The van der Waals surface area contributed by atoms with Crippen molar-refractivity contribution in [3.63, 3.8) is 0 Å². The van der Waals surface area contributed by atoms with Gasteiger partial charge in [-0.2, -0.15) is 4.99 Å². The normalized spacial score (nSPS) is 10.4. The minimum atomic E-state index is -3.66. The Balaban J connectivity index is 0.000000210. The molecule has 6 aromatic carbocycles. The number of benzene rings is 6. The average Bonchev–Trinajstić information content (AvgIpc) is 3.21. The number of urea groups is 1. The number of isocyanates is 1. The Morgan fingerprint density at radius 3 is 1.29 bits per heavy atom. The number of rotatable bonds is 11. The molecule has 0 spiro atoms. The maximum Gasteiger partial charge on any atom is 0.323 e. The lowest BCUT2D eigenvalue weighted by molar-refractivity contribution is 0.262. The number of methoxy groups -OCH3 is 2. The highest BCUT2D eigenvalue weighted by Gasteiger charge is 2.14. The van der Waals surface area contributed by atoms with Gasteiger partial charge in [-0.15, -0.1) is 0 Å². The molecular weight excluding hydrogens is 757 g/mol. The Labute approximate surface area is 325 Å². The number of hydrogen-bond acceptors (Lipinski definition) is 10. The summed E-state index contributed by atoms with van der Waals surface area (Å²) in [5.41, 5.74) is 8.72. The molecule has 0 aliphatic heterocycles. The standard InChI is InChI=1S/C20H19N3O4S.C12H12N2O2S.C8H7NO2/c1-27-18-13-11-16(12-14-18)22-20(24)21-15-7-9-17(10-8-15)23-28(25,26)19-5-3-2-4-6-19;13-10-6-8-11(9-7-10)14-17(15,16)12-4-2-1-3-5-12;1-11-8-4-2-7(3-5-8)9-6-10/h2-14,23H,1H3,(H2,21,22,24);1-9,14H,13H2;2-5H,1H3. The van der Waals surface area contributed by atoms with Crippen molar-refractivity contribution in [1.29, 1.82) is 0 Å². The van der Waals surface area contributed by atoms with Gasteiger partial charge in [-0.3, -0.25) is 9.44 Å². The van der Waals surface area contributed by atoms with Crippen LogP contribution in [0.5, 0.6) is 11.5 Å². The number of carbonyl (C=O) groups is 1. The summed E-state index contributed by atoms with van der Waals surface area (Å²) in [6.07, 6.45) is 1.46. The van der Waals surface area contributed by atoms with E-state index in [-0.39, 0.29) is 9.79 Å². The Morgan fingerprint density at radius 1 is 0.536 bits per heavy atom. The maximum atomic E-state index is 12.3. The van der Waals surface area contributed by atoms with Crippen molar-refractivity contribution in [3.05, 3.63) is 158 Å². The van der Waals surface area contributed by atoms with Crippen LogP contribution in [0.4, 0.5) is 38.9 Å². The molecule has 0 heterocycles. The van der Waals surface area contributed by atoms with Gasteiger partial charge in [0.15, 0.2) is 0 Å². The molecule has 0 atom stereocenters. The number of aliphatic imine (C=N–C) groups is 1. The Hall–Kier alpha value is -7.13. The fourth-order valence-corrected chi connectivity index (χ4v) is 6.64. The summed E-state index contributed by atoms with van der Waals surface area (Å²) in [4.78, 5) is 25.7. The minimum Gasteiger partial charge on any atom is -0.497 e. The number of carbonyl (C=O) groups excluding carboxylic acids is 2. The molecular formula is C40H38N6O8S2. The number of ether oxygens (including phenoxy) is 2. The minimum absolute atomic E-state index is 0.177. The lowest BCUT2D eigenvalue weighted by atomic mass is 10.3. The van der Waals surface area contributed by atoms with Crippen LogP contribution < -0.4 is 35.3 Å². The zero-order valence-electron chi connectivity index (χ0n) is 30.1. The largest absolute Gasteiger partial charge is 0.497 e. The number of amides is 2. The van der Waals surface area contributed by atoms with Gasteiger partial charge in [-0.05, 0) is 121 Å². The van der Waals surface area contributed by atoms with Crippen LogP contribution in [0, 0.1) is 0 Å². The van der Waals surface area contributed by atoms with E-state index in [0.717, 1.165) is 5.75 Å². The van der Waals surface area contributed by atoms with Crippen molar-refractivity contribution in [2.45, 2.75) is 9.79 Å². The fraction of sp³-hybridized carbons (Fsp3) is 0.0500. The number of nitrogens with one attached hydrogen (secondary N) is 4. The van der Waals surface area contributed by atoms with Crippen LogP contribution in [0.3, 0.4) is 0 Å². The molecule has 6 N–H and O–H groups in total. The highest BCUT2D eigenvalue weighted by Crippen LogP contribution is 2.21. The van der Waals surface area contributed by atoms with E-state index in [0.29, 0.717) is 39.9 Å². The molecule has 56 heavy (non-hydrogen) atoms. The van der Waals surface area contributed by atoms with E-state index in [2.05, 4.69) is 25.1 Å². The molecule has 6 aromatic rings. The molecule has 6 rings (SSSR count). The van der Waals surface area contributed by atoms with Crippen molar-refractivity contribution in [1.82, 2.24) is 0 Å². The smallest absolute Gasteiger partial charge is 0.323 e. The maximum absolute atomic E-state index is 12.3. The van der Waals surface area contributed by atoms with Gasteiger partial charge < -0.3 is 25.8 Å². The topological polar surface area (TPSA) is 207 Å². The zero-order valence-corrected chi connectivity index (χ0v) is 31.8. The quantitative estimate of drug-likeness (QED) is 0.0491. The van der Waals surface area contributed by atoms with Gasteiger partial charge in [0.2, 0.25) is 6.08 Å². The predicted octanol–water partition coefficient (Wildman–Crippen LogP) is 7.87. The lowest BCUT2D eigenvalue weighted by Gasteiger charge is -2.10. The Morgan fingerprint density at radius 2 is 0.893 bits per heavy atom. The summed E-state index contributed by atoms with van der Waals surface area (Å²) in [5, 5.41) is 5.38. The Kier molecular flexibility index (Phi) is 15.1.